The molecule has 0 atom stereocenters. The molecule has 0 radical (unpaired) electrons. The zero-order chi connectivity index (χ0) is 22.5. The quantitative estimate of drug-likeness (QED) is 0.526. The zero-order valence-electron chi connectivity index (χ0n) is 19.4. The lowest BCUT2D eigenvalue weighted by atomic mass is 9.90. The molecule has 1 aliphatic rings. The van der Waals surface area contributed by atoms with E-state index in [0.29, 0.717) is 5.92 Å². The van der Waals surface area contributed by atoms with Crippen LogP contribution in [0.25, 0.3) is 0 Å². The highest BCUT2D eigenvalue weighted by atomic mass is 16.5. The van der Waals surface area contributed by atoms with Crippen LogP contribution in [0.1, 0.15) is 52.1 Å². The van der Waals surface area contributed by atoms with Crippen molar-refractivity contribution in [2.45, 2.75) is 46.1 Å². The molecule has 0 bridgehead atoms. The SMILES string of the molecule is COc1ccc(CCC2CCN(C(=O)c3ccc(Cn4nc(C)cc4C)cc3)CC2)cc1. The van der Waals surface area contributed by atoms with Crippen molar-refractivity contribution >= 4 is 5.91 Å². The lowest BCUT2D eigenvalue weighted by Gasteiger charge is -2.32. The molecule has 2 aromatic carbocycles. The Hall–Kier alpha value is -3.08. The second kappa shape index (κ2) is 10.0. The maximum Gasteiger partial charge on any atom is 0.253 e. The summed E-state index contributed by atoms with van der Waals surface area (Å²) in [6.07, 6.45) is 4.42. The van der Waals surface area contributed by atoms with Gasteiger partial charge in [0.15, 0.2) is 0 Å². The molecule has 2 heterocycles. The first-order valence-electron chi connectivity index (χ1n) is 11.5. The molecule has 1 amide bonds. The Balaban J connectivity index is 1.26. The smallest absolute Gasteiger partial charge is 0.253 e. The van der Waals surface area contributed by atoms with E-state index in [4.69, 9.17) is 4.74 Å². The van der Waals surface area contributed by atoms with Crippen LogP contribution in [-0.4, -0.2) is 40.8 Å². The number of likely N-dealkylation sites (tertiary alicyclic amines) is 1. The molecule has 0 unspecified atom stereocenters. The van der Waals surface area contributed by atoms with Crippen LogP contribution < -0.4 is 4.74 Å². The Morgan fingerprint density at radius 2 is 1.66 bits per heavy atom. The van der Waals surface area contributed by atoms with E-state index in [0.717, 1.165) is 67.2 Å². The van der Waals surface area contributed by atoms with E-state index >= 15 is 0 Å². The van der Waals surface area contributed by atoms with Gasteiger partial charge in [0.25, 0.3) is 5.91 Å². The monoisotopic (exact) mass is 431 g/mol. The van der Waals surface area contributed by atoms with E-state index < -0.39 is 0 Å². The van der Waals surface area contributed by atoms with Gasteiger partial charge in [0.05, 0.1) is 19.3 Å². The molecular weight excluding hydrogens is 398 g/mol. The van der Waals surface area contributed by atoms with E-state index in [1.165, 1.54) is 12.0 Å². The standard InChI is InChI=1S/C27H33N3O2/c1-20-18-21(2)30(28-20)19-24-6-10-25(11-7-24)27(31)29-16-14-23(15-17-29)5-4-22-8-12-26(32-3)13-9-22/h6-13,18,23H,4-5,14-17,19H2,1-3H3. The largest absolute Gasteiger partial charge is 0.497 e. The number of carbonyl (C=O) groups excluding carboxylic acids is 1. The molecule has 1 aliphatic heterocycles. The van der Waals surface area contributed by atoms with Crippen molar-refractivity contribution in [3.8, 4) is 5.75 Å². The molecule has 0 aliphatic carbocycles. The summed E-state index contributed by atoms with van der Waals surface area (Å²) in [5.74, 6) is 1.74. The van der Waals surface area contributed by atoms with Crippen LogP contribution >= 0.6 is 0 Å². The normalized spacial score (nSPS) is 14.5. The Morgan fingerprint density at radius 1 is 1.00 bits per heavy atom. The van der Waals surface area contributed by atoms with E-state index in [-0.39, 0.29) is 5.91 Å². The predicted molar refractivity (Wildman–Crippen MR) is 127 cm³/mol. The fourth-order valence-electron chi connectivity index (χ4n) is 4.53. The van der Waals surface area contributed by atoms with Crippen molar-refractivity contribution in [3.05, 3.63) is 82.7 Å². The number of amides is 1. The van der Waals surface area contributed by atoms with E-state index in [1.54, 1.807) is 7.11 Å². The maximum absolute atomic E-state index is 13.0. The Kier molecular flexibility index (Phi) is 6.93. The van der Waals surface area contributed by atoms with Crippen LogP contribution in [0, 0.1) is 19.8 Å². The molecule has 1 saturated heterocycles. The highest BCUT2D eigenvalue weighted by molar-refractivity contribution is 5.94. The molecule has 1 fully saturated rings. The first-order chi connectivity index (χ1) is 15.5. The van der Waals surface area contributed by atoms with Gasteiger partial charge in [-0.3, -0.25) is 9.48 Å². The molecule has 0 N–H and O–H groups in total. The molecule has 0 spiro atoms. The fourth-order valence-corrected chi connectivity index (χ4v) is 4.53. The molecular formula is C27H33N3O2. The number of rotatable bonds is 7. The molecule has 0 saturated carbocycles. The third kappa shape index (κ3) is 5.39. The number of aromatic nitrogens is 2. The van der Waals surface area contributed by atoms with Gasteiger partial charge in [-0.25, -0.2) is 0 Å². The van der Waals surface area contributed by atoms with Crippen molar-refractivity contribution in [3.63, 3.8) is 0 Å². The van der Waals surface area contributed by atoms with Gasteiger partial charge in [-0.05, 0) is 86.9 Å². The number of piperidine rings is 1. The summed E-state index contributed by atoms with van der Waals surface area (Å²) < 4.78 is 7.23. The van der Waals surface area contributed by atoms with Crippen molar-refractivity contribution in [2.75, 3.05) is 20.2 Å². The number of nitrogens with zero attached hydrogens (tertiary/aromatic N) is 3. The lowest BCUT2D eigenvalue weighted by molar-refractivity contribution is 0.0687. The molecule has 5 heteroatoms. The number of aryl methyl sites for hydroxylation is 3. The molecule has 32 heavy (non-hydrogen) atoms. The van der Waals surface area contributed by atoms with Crippen molar-refractivity contribution in [1.82, 2.24) is 14.7 Å². The summed E-state index contributed by atoms with van der Waals surface area (Å²) in [6.45, 7) is 6.50. The van der Waals surface area contributed by atoms with E-state index in [1.807, 2.05) is 52.9 Å². The number of hydrogen-bond acceptors (Lipinski definition) is 3. The second-order valence-electron chi connectivity index (χ2n) is 8.90. The summed E-state index contributed by atoms with van der Waals surface area (Å²) in [7, 11) is 1.70. The third-order valence-electron chi connectivity index (χ3n) is 6.54. The van der Waals surface area contributed by atoms with Crippen LogP contribution in [0.5, 0.6) is 5.75 Å². The summed E-state index contributed by atoms with van der Waals surface area (Å²) in [4.78, 5) is 15.0. The Bertz CT molecular complexity index is 1030. The third-order valence-corrected chi connectivity index (χ3v) is 6.54. The van der Waals surface area contributed by atoms with Crippen LogP contribution in [0.2, 0.25) is 0 Å². The van der Waals surface area contributed by atoms with Crippen molar-refractivity contribution < 1.29 is 9.53 Å². The average Bonchev–Trinajstić information content (AvgIpc) is 3.14. The molecule has 4 rings (SSSR count). The summed E-state index contributed by atoms with van der Waals surface area (Å²) in [5, 5.41) is 4.52. The lowest BCUT2D eigenvalue weighted by Crippen LogP contribution is -2.38. The first kappa shape index (κ1) is 22.1. The van der Waals surface area contributed by atoms with Crippen LogP contribution in [0.15, 0.2) is 54.6 Å². The molecule has 168 valence electrons. The number of ether oxygens (including phenoxy) is 1. The van der Waals surface area contributed by atoms with E-state index in [2.05, 4.69) is 30.2 Å². The highest BCUT2D eigenvalue weighted by Gasteiger charge is 2.23. The van der Waals surface area contributed by atoms with Crippen LogP contribution in [0.4, 0.5) is 0 Å². The number of hydrogen-bond donors (Lipinski definition) is 0. The molecule has 5 nitrogen and oxygen atoms in total. The molecule has 1 aromatic heterocycles. The summed E-state index contributed by atoms with van der Waals surface area (Å²) in [5.41, 5.74) is 5.47. The van der Waals surface area contributed by atoms with Gasteiger partial charge >= 0.3 is 0 Å². The number of methoxy groups -OCH3 is 1. The summed E-state index contributed by atoms with van der Waals surface area (Å²) in [6, 6.07) is 18.4. The second-order valence-corrected chi connectivity index (χ2v) is 8.90. The maximum atomic E-state index is 13.0. The number of benzene rings is 2. The predicted octanol–water partition coefficient (Wildman–Crippen LogP) is 5.04. The van der Waals surface area contributed by atoms with Gasteiger partial charge in [-0.1, -0.05) is 24.3 Å². The van der Waals surface area contributed by atoms with Gasteiger partial charge in [0.2, 0.25) is 0 Å². The van der Waals surface area contributed by atoms with Crippen LogP contribution in [-0.2, 0) is 13.0 Å². The van der Waals surface area contributed by atoms with Crippen LogP contribution in [0.3, 0.4) is 0 Å². The average molecular weight is 432 g/mol. The Morgan fingerprint density at radius 3 is 2.25 bits per heavy atom. The van der Waals surface area contributed by atoms with Gasteiger partial charge in [0, 0.05) is 24.3 Å². The van der Waals surface area contributed by atoms with Gasteiger partial charge < -0.3 is 9.64 Å². The van der Waals surface area contributed by atoms with Crippen molar-refractivity contribution in [2.24, 2.45) is 5.92 Å². The fraction of sp³-hybridized carbons (Fsp3) is 0.407. The minimum Gasteiger partial charge on any atom is -0.497 e. The number of carbonyl (C=O) groups is 1. The van der Waals surface area contributed by atoms with E-state index in [9.17, 15) is 4.79 Å². The van der Waals surface area contributed by atoms with Crippen molar-refractivity contribution in [1.29, 1.82) is 0 Å². The Labute approximate surface area is 191 Å². The molecule has 3 aromatic rings. The summed E-state index contributed by atoms with van der Waals surface area (Å²) >= 11 is 0. The first-order valence-corrected chi connectivity index (χ1v) is 11.5. The van der Waals surface area contributed by atoms with Gasteiger partial charge in [0.1, 0.15) is 5.75 Å². The minimum absolute atomic E-state index is 0.149. The zero-order valence-corrected chi connectivity index (χ0v) is 19.4. The van der Waals surface area contributed by atoms with Gasteiger partial charge in [-0.2, -0.15) is 5.10 Å². The minimum atomic E-state index is 0.149. The highest BCUT2D eigenvalue weighted by Crippen LogP contribution is 2.24. The van der Waals surface area contributed by atoms with Gasteiger partial charge in [-0.15, -0.1) is 0 Å². The topological polar surface area (TPSA) is 47.4 Å².